The molecule has 2 N–H and O–H groups in total. The molecule has 5 heteroatoms. The normalized spacial score (nSPS) is 14.0. The van der Waals surface area contributed by atoms with Crippen molar-refractivity contribution < 1.29 is 19.7 Å². The first kappa shape index (κ1) is 25.9. The van der Waals surface area contributed by atoms with Gasteiger partial charge in [-0.15, -0.1) is 0 Å². The molecule has 5 nitrogen and oxygen atoms in total. The zero-order valence-electron chi connectivity index (χ0n) is 20.2. The summed E-state index contributed by atoms with van der Waals surface area (Å²) in [6.07, 6.45) is -0.470. The molecule has 3 aromatic carbocycles. The van der Waals surface area contributed by atoms with Crippen molar-refractivity contribution in [2.24, 2.45) is 0 Å². The molecule has 0 aromatic heterocycles. The Labute approximate surface area is 203 Å². The molecule has 3 aromatic rings. The molecule has 0 saturated carbocycles. The van der Waals surface area contributed by atoms with Gasteiger partial charge in [-0.25, -0.2) is 0 Å². The maximum absolute atomic E-state index is 10.9. The van der Waals surface area contributed by atoms with Gasteiger partial charge in [-0.1, -0.05) is 72.8 Å². The summed E-state index contributed by atoms with van der Waals surface area (Å²) in [5.41, 5.74) is 2.93. The Kier molecular flexibility index (Phi) is 10.6. The maximum Gasteiger partial charge on any atom is 0.119 e. The van der Waals surface area contributed by atoms with Gasteiger partial charge in [0, 0.05) is 25.7 Å². The monoisotopic (exact) mass is 463 g/mol. The van der Waals surface area contributed by atoms with Crippen LogP contribution in [0.5, 0.6) is 5.75 Å². The second-order valence-electron chi connectivity index (χ2n) is 8.55. The van der Waals surface area contributed by atoms with Crippen LogP contribution in [0, 0.1) is 0 Å². The third kappa shape index (κ3) is 8.26. The zero-order valence-corrected chi connectivity index (χ0v) is 20.2. The van der Waals surface area contributed by atoms with E-state index in [9.17, 15) is 10.2 Å². The van der Waals surface area contributed by atoms with Crippen molar-refractivity contribution in [2.45, 2.75) is 38.5 Å². The molecule has 0 radical (unpaired) electrons. The number of nitrogens with zero attached hydrogens (tertiary/aromatic N) is 1. The van der Waals surface area contributed by atoms with Crippen LogP contribution in [-0.4, -0.2) is 54.1 Å². The van der Waals surface area contributed by atoms with Gasteiger partial charge in [-0.05, 0) is 49.1 Å². The lowest BCUT2D eigenvalue weighted by atomic mass is 10.0. The quantitative estimate of drug-likeness (QED) is 0.336. The standard InChI is InChI=1S/C29H37NO4/c1-3-33-18-19-34-27-16-14-24(15-17-27)20-23(2)30(21-28(31)25-10-6-4-7-11-25)22-29(32)26-12-8-5-9-13-26/h4-17,23,28-29,31-32H,3,18-22H2,1-2H3/t23-,28+,29?/m1/s1. The number of benzene rings is 3. The van der Waals surface area contributed by atoms with E-state index < -0.39 is 12.2 Å². The molecule has 0 amide bonds. The number of aliphatic hydroxyl groups excluding tert-OH is 2. The minimum atomic E-state index is -0.632. The predicted octanol–water partition coefficient (Wildman–Crippen LogP) is 4.80. The lowest BCUT2D eigenvalue weighted by molar-refractivity contribution is 0.0480. The highest BCUT2D eigenvalue weighted by Crippen LogP contribution is 2.22. The third-order valence-corrected chi connectivity index (χ3v) is 5.96. The fourth-order valence-electron chi connectivity index (χ4n) is 3.99. The van der Waals surface area contributed by atoms with Gasteiger partial charge in [0.15, 0.2) is 0 Å². The highest BCUT2D eigenvalue weighted by atomic mass is 16.5. The molecular weight excluding hydrogens is 426 g/mol. The number of ether oxygens (including phenoxy) is 2. The SMILES string of the molecule is CCOCCOc1ccc(C[C@@H](C)N(CC(O)c2ccccc2)C[C@H](O)c2ccccc2)cc1. The van der Waals surface area contributed by atoms with E-state index in [-0.39, 0.29) is 6.04 Å². The van der Waals surface area contributed by atoms with Gasteiger partial charge in [0.1, 0.15) is 12.4 Å². The van der Waals surface area contributed by atoms with Gasteiger partial charge in [0.2, 0.25) is 0 Å². The van der Waals surface area contributed by atoms with Crippen LogP contribution in [0.25, 0.3) is 0 Å². The van der Waals surface area contributed by atoms with E-state index in [1.807, 2.05) is 79.7 Å². The van der Waals surface area contributed by atoms with Crippen molar-refractivity contribution in [3.05, 3.63) is 102 Å². The zero-order chi connectivity index (χ0) is 24.2. The molecular formula is C29H37NO4. The van der Waals surface area contributed by atoms with Crippen LogP contribution < -0.4 is 4.74 Å². The summed E-state index contributed by atoms with van der Waals surface area (Å²) < 4.78 is 11.0. The molecule has 0 spiro atoms. The van der Waals surface area contributed by atoms with Crippen molar-refractivity contribution in [3.8, 4) is 5.75 Å². The van der Waals surface area contributed by atoms with E-state index in [1.165, 1.54) is 5.56 Å². The Balaban J connectivity index is 1.66. The van der Waals surface area contributed by atoms with Crippen molar-refractivity contribution >= 4 is 0 Å². The van der Waals surface area contributed by atoms with E-state index >= 15 is 0 Å². The first-order valence-electron chi connectivity index (χ1n) is 12.1. The molecule has 0 heterocycles. The van der Waals surface area contributed by atoms with Crippen molar-refractivity contribution in [1.82, 2.24) is 4.90 Å². The highest BCUT2D eigenvalue weighted by molar-refractivity contribution is 5.28. The molecule has 3 atom stereocenters. The molecule has 0 aliphatic heterocycles. The topological polar surface area (TPSA) is 62.2 Å². The Hall–Kier alpha value is -2.70. The lowest BCUT2D eigenvalue weighted by Gasteiger charge is -2.33. The Bertz CT molecular complexity index is 886. The van der Waals surface area contributed by atoms with Crippen molar-refractivity contribution in [3.63, 3.8) is 0 Å². The van der Waals surface area contributed by atoms with Crippen LogP contribution in [0.4, 0.5) is 0 Å². The van der Waals surface area contributed by atoms with E-state index in [4.69, 9.17) is 9.47 Å². The van der Waals surface area contributed by atoms with Gasteiger partial charge in [0.05, 0.1) is 18.8 Å². The minimum Gasteiger partial charge on any atom is -0.491 e. The average molecular weight is 464 g/mol. The summed E-state index contributed by atoms with van der Waals surface area (Å²) in [5, 5.41) is 21.8. The lowest BCUT2D eigenvalue weighted by Crippen LogP contribution is -2.40. The van der Waals surface area contributed by atoms with E-state index in [1.54, 1.807) is 0 Å². The Morgan fingerprint density at radius 1 is 0.735 bits per heavy atom. The molecule has 0 aliphatic rings. The maximum atomic E-state index is 10.9. The highest BCUT2D eigenvalue weighted by Gasteiger charge is 2.22. The van der Waals surface area contributed by atoms with Gasteiger partial charge in [0.25, 0.3) is 0 Å². The summed E-state index contributed by atoms with van der Waals surface area (Å²) in [5.74, 6) is 0.826. The van der Waals surface area contributed by atoms with Gasteiger partial charge < -0.3 is 19.7 Å². The number of rotatable bonds is 14. The fraction of sp³-hybridized carbons (Fsp3) is 0.379. The summed E-state index contributed by atoms with van der Waals surface area (Å²) >= 11 is 0. The van der Waals surface area contributed by atoms with Crippen LogP contribution in [0.15, 0.2) is 84.9 Å². The first-order chi connectivity index (χ1) is 16.6. The molecule has 1 unspecified atom stereocenters. The van der Waals surface area contributed by atoms with Crippen molar-refractivity contribution in [1.29, 1.82) is 0 Å². The van der Waals surface area contributed by atoms with E-state index in [0.29, 0.717) is 32.9 Å². The average Bonchev–Trinajstić information content (AvgIpc) is 2.88. The molecule has 0 saturated heterocycles. The van der Waals surface area contributed by atoms with Crippen LogP contribution >= 0.6 is 0 Å². The number of aliphatic hydroxyl groups is 2. The molecule has 0 aliphatic carbocycles. The smallest absolute Gasteiger partial charge is 0.119 e. The molecule has 34 heavy (non-hydrogen) atoms. The van der Waals surface area contributed by atoms with Gasteiger partial charge >= 0.3 is 0 Å². The predicted molar refractivity (Wildman–Crippen MR) is 136 cm³/mol. The minimum absolute atomic E-state index is 0.112. The number of hydrogen-bond acceptors (Lipinski definition) is 5. The van der Waals surface area contributed by atoms with Crippen LogP contribution in [0.1, 0.15) is 42.7 Å². The summed E-state index contributed by atoms with van der Waals surface area (Å²) in [6.45, 7) is 6.79. The molecule has 0 bridgehead atoms. The molecule has 3 rings (SSSR count). The third-order valence-electron chi connectivity index (χ3n) is 5.96. The second kappa shape index (κ2) is 13.9. The second-order valence-corrected chi connectivity index (χ2v) is 8.55. The molecule has 182 valence electrons. The van der Waals surface area contributed by atoms with Crippen LogP contribution in [0.2, 0.25) is 0 Å². The fourth-order valence-corrected chi connectivity index (χ4v) is 3.99. The summed E-state index contributed by atoms with van der Waals surface area (Å²) in [7, 11) is 0. The van der Waals surface area contributed by atoms with E-state index in [0.717, 1.165) is 23.3 Å². The Morgan fingerprint density at radius 3 is 1.76 bits per heavy atom. The van der Waals surface area contributed by atoms with Crippen LogP contribution in [-0.2, 0) is 11.2 Å². The summed E-state index contributed by atoms with van der Waals surface area (Å²) in [6, 6.07) is 27.6. The Morgan fingerprint density at radius 2 is 1.26 bits per heavy atom. The first-order valence-corrected chi connectivity index (χ1v) is 12.1. The summed E-state index contributed by atoms with van der Waals surface area (Å²) in [4.78, 5) is 2.17. The van der Waals surface area contributed by atoms with Crippen molar-refractivity contribution in [2.75, 3.05) is 32.9 Å². The van der Waals surface area contributed by atoms with Gasteiger partial charge in [-0.2, -0.15) is 0 Å². The largest absolute Gasteiger partial charge is 0.491 e. The van der Waals surface area contributed by atoms with Gasteiger partial charge in [-0.3, -0.25) is 4.90 Å². The van der Waals surface area contributed by atoms with E-state index in [2.05, 4.69) is 24.0 Å². The molecule has 0 fully saturated rings. The number of hydrogen-bond donors (Lipinski definition) is 2. The van der Waals surface area contributed by atoms with Crippen LogP contribution in [0.3, 0.4) is 0 Å².